The quantitative estimate of drug-likeness (QED) is 0.478. The lowest BCUT2D eigenvalue weighted by molar-refractivity contribution is -0.137. The topological polar surface area (TPSA) is 79.3 Å². The van der Waals surface area contributed by atoms with Crippen LogP contribution in [0.1, 0.15) is 73.5 Å². The summed E-state index contributed by atoms with van der Waals surface area (Å²) in [6.45, 7) is 2.09. The largest absolute Gasteiger partial charge is 0.416 e. The molecule has 1 aromatic carbocycles. The summed E-state index contributed by atoms with van der Waals surface area (Å²) in [6, 6.07) is 4.31. The molecular weight excluding hydrogens is 443 g/mol. The van der Waals surface area contributed by atoms with Gasteiger partial charge in [0, 0.05) is 29.7 Å². The summed E-state index contributed by atoms with van der Waals surface area (Å²) in [7, 11) is 0. The fourth-order valence-corrected chi connectivity index (χ4v) is 4.60. The SMILES string of the molecule is CC1(NC(=NC2CCC(Cc3cnccn3)CC2)NC(=O)c2ccc(C(F)(F)F)cc2)CCC1. The van der Waals surface area contributed by atoms with E-state index in [9.17, 15) is 18.0 Å². The normalized spacial score (nSPS) is 22.5. The van der Waals surface area contributed by atoms with Crippen molar-refractivity contribution < 1.29 is 18.0 Å². The Morgan fingerprint density at radius 3 is 2.38 bits per heavy atom. The lowest BCUT2D eigenvalue weighted by Gasteiger charge is -2.40. The molecule has 0 aliphatic heterocycles. The van der Waals surface area contributed by atoms with Crippen molar-refractivity contribution in [3.63, 3.8) is 0 Å². The molecule has 0 radical (unpaired) electrons. The first-order valence-corrected chi connectivity index (χ1v) is 11.8. The predicted octanol–water partition coefficient (Wildman–Crippen LogP) is 4.91. The molecule has 2 saturated carbocycles. The molecule has 9 heteroatoms. The zero-order chi connectivity index (χ0) is 24.2. The number of rotatable bonds is 5. The van der Waals surface area contributed by atoms with Crippen LogP contribution < -0.4 is 10.6 Å². The lowest BCUT2D eigenvalue weighted by Crippen LogP contribution is -2.56. The summed E-state index contributed by atoms with van der Waals surface area (Å²) in [5, 5.41) is 6.20. The summed E-state index contributed by atoms with van der Waals surface area (Å²) in [5.74, 6) is 0.467. The third-order valence-corrected chi connectivity index (χ3v) is 6.83. The van der Waals surface area contributed by atoms with E-state index in [-0.39, 0.29) is 17.1 Å². The molecule has 1 heterocycles. The molecule has 0 unspecified atom stereocenters. The maximum absolute atomic E-state index is 12.8. The number of alkyl halides is 3. The van der Waals surface area contributed by atoms with E-state index in [1.54, 1.807) is 12.4 Å². The Kier molecular flexibility index (Phi) is 7.19. The number of aliphatic imine (C=N–C) groups is 1. The Balaban J connectivity index is 1.40. The number of amides is 1. The highest BCUT2D eigenvalue weighted by Gasteiger charge is 2.34. The van der Waals surface area contributed by atoms with Crippen molar-refractivity contribution >= 4 is 11.9 Å². The van der Waals surface area contributed by atoms with Gasteiger partial charge in [-0.15, -0.1) is 0 Å². The van der Waals surface area contributed by atoms with E-state index in [0.717, 1.165) is 69.2 Å². The zero-order valence-corrected chi connectivity index (χ0v) is 19.2. The number of hydrogen-bond acceptors (Lipinski definition) is 4. The van der Waals surface area contributed by atoms with Crippen molar-refractivity contribution in [2.45, 2.75) is 76.0 Å². The number of nitrogens with one attached hydrogen (secondary N) is 2. The van der Waals surface area contributed by atoms with Gasteiger partial charge in [-0.1, -0.05) is 0 Å². The van der Waals surface area contributed by atoms with Crippen molar-refractivity contribution in [2.75, 3.05) is 0 Å². The van der Waals surface area contributed by atoms with Crippen LogP contribution in [0, 0.1) is 5.92 Å². The van der Waals surface area contributed by atoms with Crippen molar-refractivity contribution in [3.05, 3.63) is 59.7 Å². The molecule has 1 aromatic heterocycles. The number of hydrogen-bond donors (Lipinski definition) is 2. The molecule has 2 aliphatic rings. The second-order valence-electron chi connectivity index (χ2n) is 9.62. The van der Waals surface area contributed by atoms with Crippen LogP contribution in [-0.2, 0) is 12.6 Å². The second kappa shape index (κ2) is 10.1. The molecule has 182 valence electrons. The van der Waals surface area contributed by atoms with Gasteiger partial charge in [0.15, 0.2) is 5.96 Å². The summed E-state index contributed by atoms with van der Waals surface area (Å²) in [5.41, 5.74) is 0.249. The second-order valence-corrected chi connectivity index (χ2v) is 9.62. The molecule has 0 atom stereocenters. The number of carbonyl (C=O) groups excluding carboxylic acids is 1. The van der Waals surface area contributed by atoms with Crippen molar-refractivity contribution in [1.82, 2.24) is 20.6 Å². The third kappa shape index (κ3) is 6.33. The van der Waals surface area contributed by atoms with Gasteiger partial charge < -0.3 is 5.32 Å². The molecule has 1 amide bonds. The molecular formula is C25H30F3N5O. The molecule has 0 spiro atoms. The molecule has 0 bridgehead atoms. The Labute approximate surface area is 197 Å². The van der Waals surface area contributed by atoms with Gasteiger partial charge in [-0.3, -0.25) is 20.1 Å². The van der Waals surface area contributed by atoms with Crippen LogP contribution in [0.25, 0.3) is 0 Å². The van der Waals surface area contributed by atoms with Crippen LogP contribution in [0.15, 0.2) is 47.8 Å². The minimum absolute atomic E-state index is 0.0807. The Morgan fingerprint density at radius 2 is 1.82 bits per heavy atom. The standard InChI is InChI=1S/C25H30F3N5O/c1-24(11-2-12-24)33-23(32-22(34)18-5-7-19(8-6-18)25(26,27)28)31-20-9-3-17(4-10-20)15-21-16-29-13-14-30-21/h5-8,13-14,16-17,20H,2-4,9-12,15H2,1H3,(H2,31,32,33,34). The lowest BCUT2D eigenvalue weighted by atomic mass is 9.79. The first kappa shape index (κ1) is 24.2. The highest BCUT2D eigenvalue weighted by atomic mass is 19.4. The fourth-order valence-electron chi connectivity index (χ4n) is 4.60. The average Bonchev–Trinajstić information content (AvgIpc) is 2.79. The summed E-state index contributed by atoms with van der Waals surface area (Å²) in [4.78, 5) is 26.1. The van der Waals surface area contributed by atoms with Crippen LogP contribution in [0.2, 0.25) is 0 Å². The Bertz CT molecular complexity index is 995. The molecule has 2 fully saturated rings. The van der Waals surface area contributed by atoms with Crippen molar-refractivity contribution in [3.8, 4) is 0 Å². The van der Waals surface area contributed by atoms with Gasteiger partial charge >= 0.3 is 6.18 Å². The predicted molar refractivity (Wildman–Crippen MR) is 123 cm³/mol. The van der Waals surface area contributed by atoms with Gasteiger partial charge in [0.25, 0.3) is 5.91 Å². The molecule has 2 N–H and O–H groups in total. The van der Waals surface area contributed by atoms with Crippen molar-refractivity contribution in [1.29, 1.82) is 0 Å². The van der Waals surface area contributed by atoms with E-state index >= 15 is 0 Å². The smallest absolute Gasteiger partial charge is 0.351 e. The number of guanidine groups is 1. The van der Waals surface area contributed by atoms with E-state index in [2.05, 4.69) is 27.5 Å². The summed E-state index contributed by atoms with van der Waals surface area (Å²) < 4.78 is 38.5. The molecule has 2 aliphatic carbocycles. The summed E-state index contributed by atoms with van der Waals surface area (Å²) in [6.07, 6.45) is 8.57. The van der Waals surface area contributed by atoms with E-state index in [1.807, 2.05) is 6.20 Å². The number of benzene rings is 1. The van der Waals surface area contributed by atoms with Gasteiger partial charge in [-0.05, 0) is 88.5 Å². The Hall–Kier alpha value is -2.97. The highest BCUT2D eigenvalue weighted by molar-refractivity contribution is 6.06. The van der Waals surface area contributed by atoms with Gasteiger partial charge in [-0.2, -0.15) is 13.2 Å². The van der Waals surface area contributed by atoms with Crippen LogP contribution in [0.3, 0.4) is 0 Å². The maximum atomic E-state index is 12.8. The molecule has 34 heavy (non-hydrogen) atoms. The van der Waals surface area contributed by atoms with Crippen LogP contribution >= 0.6 is 0 Å². The first-order valence-electron chi connectivity index (χ1n) is 11.8. The molecule has 4 rings (SSSR count). The highest BCUT2D eigenvalue weighted by Crippen LogP contribution is 2.32. The zero-order valence-electron chi connectivity index (χ0n) is 19.2. The molecule has 6 nitrogen and oxygen atoms in total. The number of aromatic nitrogens is 2. The minimum atomic E-state index is -4.44. The van der Waals surface area contributed by atoms with Crippen LogP contribution in [0.4, 0.5) is 13.2 Å². The van der Waals surface area contributed by atoms with Gasteiger partial charge in [-0.25, -0.2) is 4.99 Å². The minimum Gasteiger partial charge on any atom is -0.351 e. The van der Waals surface area contributed by atoms with E-state index in [4.69, 9.17) is 4.99 Å². The van der Waals surface area contributed by atoms with Crippen LogP contribution in [0.5, 0.6) is 0 Å². The van der Waals surface area contributed by atoms with Gasteiger partial charge in [0.1, 0.15) is 0 Å². The average molecular weight is 474 g/mol. The van der Waals surface area contributed by atoms with E-state index in [1.165, 1.54) is 12.1 Å². The van der Waals surface area contributed by atoms with E-state index < -0.39 is 17.6 Å². The number of halogens is 3. The first-order chi connectivity index (χ1) is 16.2. The van der Waals surface area contributed by atoms with E-state index in [0.29, 0.717) is 11.9 Å². The number of carbonyl (C=O) groups is 1. The van der Waals surface area contributed by atoms with Gasteiger partial charge in [0.05, 0.1) is 17.3 Å². The van der Waals surface area contributed by atoms with Crippen LogP contribution in [-0.4, -0.2) is 33.4 Å². The Morgan fingerprint density at radius 1 is 1.12 bits per heavy atom. The summed E-state index contributed by atoms with van der Waals surface area (Å²) >= 11 is 0. The van der Waals surface area contributed by atoms with Crippen molar-refractivity contribution in [2.24, 2.45) is 10.9 Å². The monoisotopic (exact) mass is 473 g/mol. The fraction of sp³-hybridized carbons (Fsp3) is 0.520. The maximum Gasteiger partial charge on any atom is 0.416 e. The third-order valence-electron chi connectivity index (χ3n) is 6.83. The molecule has 2 aromatic rings. The molecule has 0 saturated heterocycles. The van der Waals surface area contributed by atoms with Gasteiger partial charge in [0.2, 0.25) is 0 Å². The number of nitrogens with zero attached hydrogens (tertiary/aromatic N) is 3.